The van der Waals surface area contributed by atoms with Crippen LogP contribution in [0.1, 0.15) is 25.3 Å². The normalized spacial score (nSPS) is 11.3. The first-order valence-electron chi connectivity index (χ1n) is 11.6. The molecular weight excluding hydrogens is 444 g/mol. The predicted octanol–water partition coefficient (Wildman–Crippen LogP) is 5.21. The molecule has 0 radical (unpaired) electrons. The van der Waals surface area contributed by atoms with Crippen LogP contribution in [0.4, 0.5) is 5.69 Å². The number of para-hydroxylation sites is 1. The highest BCUT2D eigenvalue weighted by molar-refractivity contribution is 5.91. The van der Waals surface area contributed by atoms with Crippen LogP contribution in [0.5, 0.6) is 23.0 Å². The van der Waals surface area contributed by atoms with Crippen LogP contribution in [-0.4, -0.2) is 32.6 Å². The molecule has 1 unspecified atom stereocenters. The van der Waals surface area contributed by atoms with Gasteiger partial charge < -0.3 is 24.8 Å². The summed E-state index contributed by atoms with van der Waals surface area (Å²) >= 11 is 0. The Hall–Kier alpha value is -4.00. The number of hydrogen-bond acceptors (Lipinski definition) is 5. The molecule has 0 spiro atoms. The number of carbonyl (C=O) groups is 2. The van der Waals surface area contributed by atoms with Crippen LogP contribution in [0.3, 0.4) is 0 Å². The molecule has 7 heteroatoms. The van der Waals surface area contributed by atoms with E-state index in [4.69, 9.17) is 14.2 Å². The molecule has 2 amide bonds. The topological polar surface area (TPSA) is 85.9 Å². The molecule has 3 rings (SSSR count). The van der Waals surface area contributed by atoms with Crippen LogP contribution in [0.25, 0.3) is 0 Å². The van der Waals surface area contributed by atoms with Crippen molar-refractivity contribution >= 4 is 17.5 Å². The third kappa shape index (κ3) is 8.37. The third-order valence-electron chi connectivity index (χ3n) is 5.37. The van der Waals surface area contributed by atoms with Crippen molar-refractivity contribution in [3.63, 3.8) is 0 Å². The van der Waals surface area contributed by atoms with E-state index in [0.29, 0.717) is 35.9 Å². The largest absolute Gasteiger partial charge is 0.493 e. The van der Waals surface area contributed by atoms with E-state index in [9.17, 15) is 9.59 Å². The Morgan fingerprint density at radius 2 is 1.46 bits per heavy atom. The van der Waals surface area contributed by atoms with Gasteiger partial charge in [0.2, 0.25) is 11.8 Å². The molecule has 35 heavy (non-hydrogen) atoms. The SMILES string of the molecule is COc1ccc(CCNC(=O)CC(C)CC(=O)Nc2ccc(Oc3ccccc3)cc2)cc1OC. The Labute approximate surface area is 206 Å². The van der Waals surface area contributed by atoms with Crippen molar-refractivity contribution in [3.8, 4) is 23.0 Å². The minimum absolute atomic E-state index is 0.0757. The number of methoxy groups -OCH3 is 2. The number of nitrogens with one attached hydrogen (secondary N) is 2. The summed E-state index contributed by atoms with van der Waals surface area (Å²) in [5.74, 6) is 2.47. The van der Waals surface area contributed by atoms with Gasteiger partial charge in [-0.25, -0.2) is 0 Å². The fraction of sp³-hybridized carbons (Fsp3) is 0.286. The Morgan fingerprint density at radius 1 is 0.800 bits per heavy atom. The molecule has 0 bridgehead atoms. The third-order valence-corrected chi connectivity index (χ3v) is 5.37. The lowest BCUT2D eigenvalue weighted by molar-refractivity contribution is -0.122. The predicted molar refractivity (Wildman–Crippen MR) is 136 cm³/mol. The number of amides is 2. The molecule has 0 fully saturated rings. The van der Waals surface area contributed by atoms with E-state index in [1.165, 1.54) is 0 Å². The summed E-state index contributed by atoms with van der Waals surface area (Å²) in [5.41, 5.74) is 1.72. The summed E-state index contributed by atoms with van der Waals surface area (Å²) in [6.45, 7) is 2.40. The molecule has 0 saturated heterocycles. The van der Waals surface area contributed by atoms with Crippen molar-refractivity contribution in [2.75, 3.05) is 26.1 Å². The van der Waals surface area contributed by atoms with Gasteiger partial charge in [-0.3, -0.25) is 9.59 Å². The first-order chi connectivity index (χ1) is 17.0. The van der Waals surface area contributed by atoms with Crippen molar-refractivity contribution in [1.29, 1.82) is 0 Å². The van der Waals surface area contributed by atoms with Crippen LogP contribution in [-0.2, 0) is 16.0 Å². The molecule has 0 aromatic heterocycles. The minimum Gasteiger partial charge on any atom is -0.493 e. The fourth-order valence-electron chi connectivity index (χ4n) is 3.60. The van der Waals surface area contributed by atoms with Gasteiger partial charge in [-0.15, -0.1) is 0 Å². The molecule has 0 saturated carbocycles. The summed E-state index contributed by atoms with van der Waals surface area (Å²) in [4.78, 5) is 24.7. The highest BCUT2D eigenvalue weighted by Crippen LogP contribution is 2.27. The van der Waals surface area contributed by atoms with Crippen LogP contribution in [0, 0.1) is 5.92 Å². The van der Waals surface area contributed by atoms with E-state index in [1.54, 1.807) is 38.5 Å². The van der Waals surface area contributed by atoms with E-state index in [2.05, 4.69) is 10.6 Å². The van der Waals surface area contributed by atoms with Gasteiger partial charge in [0.15, 0.2) is 11.5 Å². The van der Waals surface area contributed by atoms with E-state index >= 15 is 0 Å². The molecular formula is C28H32N2O5. The lowest BCUT2D eigenvalue weighted by Gasteiger charge is -2.13. The van der Waals surface area contributed by atoms with E-state index in [1.807, 2.05) is 55.5 Å². The second-order valence-electron chi connectivity index (χ2n) is 8.29. The molecule has 184 valence electrons. The number of rotatable bonds is 12. The second-order valence-corrected chi connectivity index (χ2v) is 8.29. The molecule has 0 aliphatic carbocycles. The molecule has 3 aromatic rings. The lowest BCUT2D eigenvalue weighted by Crippen LogP contribution is -2.28. The first-order valence-corrected chi connectivity index (χ1v) is 11.6. The Bertz CT molecular complexity index is 1100. The maximum atomic E-state index is 12.4. The van der Waals surface area contributed by atoms with Gasteiger partial charge >= 0.3 is 0 Å². The minimum atomic E-state index is -0.132. The highest BCUT2D eigenvalue weighted by Gasteiger charge is 2.14. The maximum absolute atomic E-state index is 12.4. The smallest absolute Gasteiger partial charge is 0.224 e. The summed E-state index contributed by atoms with van der Waals surface area (Å²) in [5, 5.41) is 5.79. The number of benzene rings is 3. The van der Waals surface area contributed by atoms with Gasteiger partial charge in [0.1, 0.15) is 11.5 Å². The number of anilines is 1. The van der Waals surface area contributed by atoms with E-state index in [0.717, 1.165) is 11.3 Å². The Kier molecular flexibility index (Phi) is 9.54. The Morgan fingerprint density at radius 3 is 2.14 bits per heavy atom. The summed E-state index contributed by atoms with van der Waals surface area (Å²) < 4.78 is 16.3. The van der Waals surface area contributed by atoms with E-state index in [-0.39, 0.29) is 30.6 Å². The van der Waals surface area contributed by atoms with Crippen LogP contribution in [0.2, 0.25) is 0 Å². The average molecular weight is 477 g/mol. The average Bonchev–Trinajstić information content (AvgIpc) is 2.85. The van der Waals surface area contributed by atoms with Gasteiger partial charge in [0.05, 0.1) is 14.2 Å². The van der Waals surface area contributed by atoms with Crippen molar-refractivity contribution < 1.29 is 23.8 Å². The second kappa shape index (κ2) is 13.0. The van der Waals surface area contributed by atoms with E-state index < -0.39 is 0 Å². The molecule has 3 aromatic carbocycles. The molecule has 0 heterocycles. The number of ether oxygens (including phenoxy) is 3. The van der Waals surface area contributed by atoms with Crippen molar-refractivity contribution in [2.24, 2.45) is 5.92 Å². The first kappa shape index (κ1) is 25.6. The molecule has 1 atom stereocenters. The molecule has 0 aliphatic rings. The fourth-order valence-corrected chi connectivity index (χ4v) is 3.60. The van der Waals surface area contributed by atoms with Crippen LogP contribution < -0.4 is 24.8 Å². The van der Waals surface area contributed by atoms with Gasteiger partial charge in [-0.1, -0.05) is 31.2 Å². The van der Waals surface area contributed by atoms with Gasteiger partial charge in [0.25, 0.3) is 0 Å². The standard InChI is InChI=1S/C28H32N2O5/c1-20(17-27(31)29-16-15-21-9-14-25(33-2)26(19-21)34-3)18-28(32)30-22-10-12-24(13-11-22)35-23-7-5-4-6-8-23/h4-14,19-20H,15-18H2,1-3H3,(H,29,31)(H,30,32). The van der Waals surface area contributed by atoms with Crippen LogP contribution >= 0.6 is 0 Å². The monoisotopic (exact) mass is 476 g/mol. The summed E-state index contributed by atoms with van der Waals surface area (Å²) in [6.07, 6.45) is 1.21. The summed E-state index contributed by atoms with van der Waals surface area (Å²) in [7, 11) is 3.19. The number of carbonyl (C=O) groups excluding carboxylic acids is 2. The highest BCUT2D eigenvalue weighted by atomic mass is 16.5. The van der Waals surface area contributed by atoms with Gasteiger partial charge in [0, 0.05) is 25.1 Å². The lowest BCUT2D eigenvalue weighted by atomic mass is 10.0. The van der Waals surface area contributed by atoms with Crippen molar-refractivity contribution in [3.05, 3.63) is 78.4 Å². The van der Waals surface area contributed by atoms with Crippen molar-refractivity contribution in [1.82, 2.24) is 5.32 Å². The Balaban J connectivity index is 1.37. The zero-order valence-electron chi connectivity index (χ0n) is 20.4. The molecule has 7 nitrogen and oxygen atoms in total. The van der Waals surface area contributed by atoms with Gasteiger partial charge in [-0.2, -0.15) is 0 Å². The summed E-state index contributed by atoms with van der Waals surface area (Å²) in [6, 6.07) is 22.4. The molecule has 2 N–H and O–H groups in total. The maximum Gasteiger partial charge on any atom is 0.224 e. The van der Waals surface area contributed by atoms with Crippen molar-refractivity contribution in [2.45, 2.75) is 26.2 Å². The molecule has 0 aliphatic heterocycles. The van der Waals surface area contributed by atoms with Gasteiger partial charge in [-0.05, 0) is 66.4 Å². The number of hydrogen-bond donors (Lipinski definition) is 2. The quantitative estimate of drug-likeness (QED) is 0.375. The zero-order valence-corrected chi connectivity index (χ0v) is 20.4. The van der Waals surface area contributed by atoms with Crippen LogP contribution in [0.15, 0.2) is 72.8 Å². The zero-order chi connectivity index (χ0) is 25.0.